The second kappa shape index (κ2) is 7.32. The molecule has 110 valence electrons. The van der Waals surface area contributed by atoms with Crippen molar-refractivity contribution in [1.29, 1.82) is 0 Å². The van der Waals surface area contributed by atoms with Crippen molar-refractivity contribution >= 4 is 17.8 Å². The zero-order chi connectivity index (χ0) is 15.1. The van der Waals surface area contributed by atoms with Crippen molar-refractivity contribution in [3.63, 3.8) is 0 Å². The highest BCUT2D eigenvalue weighted by Gasteiger charge is 2.19. The fraction of sp³-hybridized carbons (Fsp3) is 0.462. The Morgan fingerprint density at radius 3 is 2.50 bits per heavy atom. The summed E-state index contributed by atoms with van der Waals surface area (Å²) in [5.41, 5.74) is 0. The summed E-state index contributed by atoms with van der Waals surface area (Å²) in [4.78, 5) is 37.4. The van der Waals surface area contributed by atoms with Gasteiger partial charge in [0.15, 0.2) is 5.76 Å². The first-order chi connectivity index (χ1) is 9.45. The van der Waals surface area contributed by atoms with Gasteiger partial charge < -0.3 is 19.0 Å². The Balaban J connectivity index is 2.44. The first kappa shape index (κ1) is 15.7. The molecule has 0 unspecified atom stereocenters. The molecule has 20 heavy (non-hydrogen) atoms. The maximum atomic E-state index is 11.9. The lowest BCUT2D eigenvalue weighted by Crippen LogP contribution is -2.40. The molecule has 1 rings (SSSR count). The van der Waals surface area contributed by atoms with E-state index in [1.165, 1.54) is 36.3 Å². The van der Waals surface area contributed by atoms with E-state index in [0.717, 1.165) is 0 Å². The number of hydrogen-bond acceptors (Lipinski definition) is 5. The molecule has 0 N–H and O–H groups in total. The van der Waals surface area contributed by atoms with E-state index in [9.17, 15) is 14.4 Å². The molecular formula is C13H18N2O5. The van der Waals surface area contributed by atoms with Crippen LogP contribution in [0.3, 0.4) is 0 Å². The zero-order valence-corrected chi connectivity index (χ0v) is 11.8. The number of methoxy groups -OCH3 is 1. The zero-order valence-electron chi connectivity index (χ0n) is 11.8. The predicted molar refractivity (Wildman–Crippen MR) is 69.9 cm³/mol. The van der Waals surface area contributed by atoms with Crippen LogP contribution in [0.15, 0.2) is 22.8 Å². The van der Waals surface area contributed by atoms with Crippen molar-refractivity contribution in [1.82, 2.24) is 9.80 Å². The molecule has 0 aromatic carbocycles. The van der Waals surface area contributed by atoms with Crippen LogP contribution in [-0.2, 0) is 14.3 Å². The number of rotatable bonds is 6. The van der Waals surface area contributed by atoms with E-state index >= 15 is 0 Å². The van der Waals surface area contributed by atoms with Gasteiger partial charge in [-0.3, -0.25) is 14.4 Å². The van der Waals surface area contributed by atoms with Crippen LogP contribution < -0.4 is 0 Å². The normalized spacial score (nSPS) is 9.95. The molecule has 1 aromatic heterocycles. The number of hydrogen-bond donors (Lipinski definition) is 0. The summed E-state index contributed by atoms with van der Waals surface area (Å²) < 4.78 is 9.47. The van der Waals surface area contributed by atoms with Gasteiger partial charge in [0.25, 0.3) is 5.91 Å². The topological polar surface area (TPSA) is 80.1 Å². The number of likely N-dealkylation sites (N-methyl/N-ethyl adjacent to an activating group) is 2. The molecule has 0 saturated carbocycles. The largest absolute Gasteiger partial charge is 0.469 e. The Hall–Kier alpha value is -2.31. The number of ether oxygens (including phenoxy) is 1. The van der Waals surface area contributed by atoms with Gasteiger partial charge in [-0.1, -0.05) is 0 Å². The van der Waals surface area contributed by atoms with Gasteiger partial charge in [-0.15, -0.1) is 0 Å². The Labute approximate surface area is 117 Å². The minimum atomic E-state index is -0.385. The van der Waals surface area contributed by atoms with Crippen molar-refractivity contribution in [2.24, 2.45) is 0 Å². The first-order valence-corrected chi connectivity index (χ1v) is 6.05. The van der Waals surface area contributed by atoms with E-state index in [-0.39, 0.29) is 43.1 Å². The number of amides is 2. The first-order valence-electron chi connectivity index (χ1n) is 6.05. The van der Waals surface area contributed by atoms with Crippen LogP contribution in [0.4, 0.5) is 0 Å². The maximum Gasteiger partial charge on any atom is 0.307 e. The van der Waals surface area contributed by atoms with Crippen LogP contribution in [0.25, 0.3) is 0 Å². The van der Waals surface area contributed by atoms with E-state index in [1.54, 1.807) is 13.1 Å². The van der Waals surface area contributed by atoms with Crippen LogP contribution in [0.2, 0.25) is 0 Å². The summed E-state index contributed by atoms with van der Waals surface area (Å²) in [5.74, 6) is -0.844. The molecule has 7 nitrogen and oxygen atoms in total. The predicted octanol–water partition coefficient (Wildman–Crippen LogP) is 0.373. The third kappa shape index (κ3) is 4.42. The van der Waals surface area contributed by atoms with Gasteiger partial charge in [0.1, 0.15) is 0 Å². The molecule has 0 saturated heterocycles. The molecule has 0 aliphatic heterocycles. The molecule has 0 bridgehead atoms. The van der Waals surface area contributed by atoms with Crippen molar-refractivity contribution in [3.05, 3.63) is 24.2 Å². The molecule has 0 radical (unpaired) electrons. The second-order valence-electron chi connectivity index (χ2n) is 4.28. The quantitative estimate of drug-likeness (QED) is 0.704. The standard InChI is InChI=1S/C13H18N2O5/c1-14(7-6-12(17)19-3)11(16)9-15(2)13(18)10-5-4-8-20-10/h4-5,8H,6-7,9H2,1-3H3. The van der Waals surface area contributed by atoms with Crippen molar-refractivity contribution < 1.29 is 23.5 Å². The summed E-state index contributed by atoms with van der Waals surface area (Å²) >= 11 is 0. The monoisotopic (exact) mass is 282 g/mol. The molecule has 0 aliphatic carbocycles. The number of carbonyl (C=O) groups is 3. The Morgan fingerprint density at radius 1 is 1.25 bits per heavy atom. The summed E-state index contributed by atoms with van der Waals surface area (Å²) in [6, 6.07) is 3.13. The molecule has 1 aromatic rings. The minimum absolute atomic E-state index is 0.0861. The van der Waals surface area contributed by atoms with E-state index in [1.807, 2.05) is 0 Å². The van der Waals surface area contributed by atoms with Gasteiger partial charge in [0.05, 0.1) is 26.3 Å². The molecule has 2 amide bonds. The summed E-state index contributed by atoms with van der Waals surface area (Å²) in [5, 5.41) is 0. The van der Waals surface area contributed by atoms with Gasteiger partial charge in [0, 0.05) is 20.6 Å². The van der Waals surface area contributed by atoms with E-state index < -0.39 is 0 Å². The summed E-state index contributed by atoms with van der Waals surface area (Å²) in [6.45, 7) is 0.158. The van der Waals surface area contributed by atoms with Gasteiger partial charge in [-0.2, -0.15) is 0 Å². The summed E-state index contributed by atoms with van der Waals surface area (Å²) in [6.07, 6.45) is 1.51. The summed E-state index contributed by atoms with van der Waals surface area (Å²) in [7, 11) is 4.37. The maximum absolute atomic E-state index is 11.9. The van der Waals surface area contributed by atoms with E-state index in [4.69, 9.17) is 4.42 Å². The molecule has 0 aliphatic rings. The highest BCUT2D eigenvalue weighted by molar-refractivity contribution is 5.94. The van der Waals surface area contributed by atoms with Gasteiger partial charge in [-0.05, 0) is 12.1 Å². The molecule has 7 heteroatoms. The van der Waals surface area contributed by atoms with Crippen LogP contribution in [0, 0.1) is 0 Å². The fourth-order valence-corrected chi connectivity index (χ4v) is 1.47. The molecule has 0 fully saturated rings. The Bertz CT molecular complexity index is 469. The minimum Gasteiger partial charge on any atom is -0.469 e. The average molecular weight is 282 g/mol. The highest BCUT2D eigenvalue weighted by Crippen LogP contribution is 2.04. The van der Waals surface area contributed by atoms with Crippen LogP contribution in [0.5, 0.6) is 0 Å². The number of furan rings is 1. The lowest BCUT2D eigenvalue weighted by molar-refractivity contribution is -0.141. The van der Waals surface area contributed by atoms with E-state index in [0.29, 0.717) is 0 Å². The Kier molecular flexibility index (Phi) is 5.76. The van der Waals surface area contributed by atoms with Crippen LogP contribution in [-0.4, -0.2) is 61.9 Å². The van der Waals surface area contributed by atoms with Gasteiger partial charge >= 0.3 is 5.97 Å². The average Bonchev–Trinajstić information content (AvgIpc) is 2.97. The smallest absolute Gasteiger partial charge is 0.307 e. The Morgan fingerprint density at radius 2 is 1.95 bits per heavy atom. The van der Waals surface area contributed by atoms with Gasteiger partial charge in [-0.25, -0.2) is 0 Å². The third-order valence-corrected chi connectivity index (χ3v) is 2.76. The van der Waals surface area contributed by atoms with Crippen LogP contribution in [0.1, 0.15) is 17.0 Å². The van der Waals surface area contributed by atoms with Crippen molar-refractivity contribution in [2.45, 2.75) is 6.42 Å². The molecular weight excluding hydrogens is 264 g/mol. The molecule has 1 heterocycles. The van der Waals surface area contributed by atoms with Crippen molar-refractivity contribution in [2.75, 3.05) is 34.3 Å². The number of nitrogens with zero attached hydrogens (tertiary/aromatic N) is 2. The highest BCUT2D eigenvalue weighted by atomic mass is 16.5. The van der Waals surface area contributed by atoms with E-state index in [2.05, 4.69) is 4.74 Å². The molecule has 0 spiro atoms. The number of carbonyl (C=O) groups excluding carboxylic acids is 3. The lowest BCUT2D eigenvalue weighted by atomic mass is 10.3. The number of esters is 1. The molecule has 0 atom stereocenters. The lowest BCUT2D eigenvalue weighted by Gasteiger charge is -2.21. The fourth-order valence-electron chi connectivity index (χ4n) is 1.47. The van der Waals surface area contributed by atoms with Crippen LogP contribution >= 0.6 is 0 Å². The van der Waals surface area contributed by atoms with Crippen molar-refractivity contribution in [3.8, 4) is 0 Å². The second-order valence-corrected chi connectivity index (χ2v) is 4.28. The van der Waals surface area contributed by atoms with Gasteiger partial charge in [0.2, 0.25) is 5.91 Å². The SMILES string of the molecule is COC(=O)CCN(C)C(=O)CN(C)C(=O)c1ccco1. The third-order valence-electron chi connectivity index (χ3n) is 2.76.